The van der Waals surface area contributed by atoms with Crippen molar-refractivity contribution in [2.24, 2.45) is 0 Å². The lowest BCUT2D eigenvalue weighted by Gasteiger charge is -2.12. The Kier molecular flexibility index (Phi) is 4.88. The van der Waals surface area contributed by atoms with Gasteiger partial charge in [-0.2, -0.15) is 0 Å². The molecule has 0 fully saturated rings. The van der Waals surface area contributed by atoms with Crippen LogP contribution < -0.4 is 14.2 Å². The fourth-order valence-electron chi connectivity index (χ4n) is 2.70. The van der Waals surface area contributed by atoms with E-state index in [0.717, 1.165) is 22.0 Å². The number of rotatable bonds is 5. The fraction of sp³-hybridized carbons (Fsp3) is 0.211. The van der Waals surface area contributed by atoms with Crippen LogP contribution in [0, 0.1) is 0 Å². The largest absolute Gasteiger partial charge is 0.573 e. The summed E-state index contributed by atoms with van der Waals surface area (Å²) in [6.07, 6.45) is -2.56. The molecule has 0 atom stereocenters. The third kappa shape index (κ3) is 3.99. The second kappa shape index (κ2) is 7.11. The Labute approximate surface area is 148 Å². The molecule has 0 unspecified atom stereocenters. The number of benzene rings is 2. The highest BCUT2D eigenvalue weighted by atomic mass is 19.4. The average molecular weight is 363 g/mol. The average Bonchev–Trinajstić information content (AvgIpc) is 2.61. The van der Waals surface area contributed by atoms with E-state index in [1.807, 2.05) is 18.2 Å². The molecule has 3 aromatic rings. The van der Waals surface area contributed by atoms with Crippen LogP contribution in [0.3, 0.4) is 0 Å². The molecule has 2 aromatic carbocycles. The summed E-state index contributed by atoms with van der Waals surface area (Å²) in [5, 5.41) is 1.82. The third-order valence-electron chi connectivity index (χ3n) is 3.88. The van der Waals surface area contributed by atoms with Gasteiger partial charge < -0.3 is 14.2 Å². The van der Waals surface area contributed by atoms with Gasteiger partial charge >= 0.3 is 6.36 Å². The van der Waals surface area contributed by atoms with Gasteiger partial charge in [0.2, 0.25) is 0 Å². The van der Waals surface area contributed by atoms with E-state index in [9.17, 15) is 13.2 Å². The van der Waals surface area contributed by atoms with E-state index in [-0.39, 0.29) is 5.75 Å². The zero-order valence-electron chi connectivity index (χ0n) is 14.1. The normalized spacial score (nSPS) is 11.4. The standard InChI is InChI=1S/C19H16F3NO3/c1-24-17-10-13-7-8-23-16(15(13)11-18(17)25-2)9-12-3-5-14(6-4-12)26-19(20,21)22/h3-8,10-11H,9H2,1-2H3. The van der Waals surface area contributed by atoms with Crippen LogP contribution in [0.25, 0.3) is 10.8 Å². The summed E-state index contributed by atoms with van der Waals surface area (Å²) in [6, 6.07) is 11.3. The molecular formula is C19H16F3NO3. The van der Waals surface area contributed by atoms with Gasteiger partial charge in [0.1, 0.15) is 5.75 Å². The van der Waals surface area contributed by atoms with Gasteiger partial charge in [0.05, 0.1) is 19.9 Å². The first-order valence-corrected chi connectivity index (χ1v) is 7.74. The van der Waals surface area contributed by atoms with Crippen molar-refractivity contribution in [2.75, 3.05) is 14.2 Å². The van der Waals surface area contributed by atoms with E-state index in [0.29, 0.717) is 17.9 Å². The van der Waals surface area contributed by atoms with Gasteiger partial charge in [0.25, 0.3) is 0 Å². The molecule has 0 bridgehead atoms. The number of pyridine rings is 1. The van der Waals surface area contributed by atoms with Crippen molar-refractivity contribution in [3.8, 4) is 17.2 Å². The number of hydrogen-bond donors (Lipinski definition) is 0. The van der Waals surface area contributed by atoms with Gasteiger partial charge in [0.15, 0.2) is 11.5 Å². The van der Waals surface area contributed by atoms with Crippen LogP contribution in [-0.2, 0) is 6.42 Å². The maximum Gasteiger partial charge on any atom is 0.573 e. The first-order chi connectivity index (χ1) is 12.4. The molecule has 0 radical (unpaired) electrons. The number of hydrogen-bond acceptors (Lipinski definition) is 4. The van der Waals surface area contributed by atoms with Gasteiger partial charge in [-0.25, -0.2) is 0 Å². The number of alkyl halides is 3. The van der Waals surface area contributed by atoms with Crippen LogP contribution >= 0.6 is 0 Å². The van der Waals surface area contributed by atoms with Crippen molar-refractivity contribution in [1.29, 1.82) is 0 Å². The fourth-order valence-corrected chi connectivity index (χ4v) is 2.70. The van der Waals surface area contributed by atoms with Gasteiger partial charge in [0, 0.05) is 18.0 Å². The predicted molar refractivity (Wildman–Crippen MR) is 90.8 cm³/mol. The van der Waals surface area contributed by atoms with Crippen molar-refractivity contribution in [1.82, 2.24) is 4.98 Å². The van der Waals surface area contributed by atoms with Gasteiger partial charge in [-0.1, -0.05) is 12.1 Å². The van der Waals surface area contributed by atoms with Gasteiger partial charge in [-0.3, -0.25) is 4.98 Å². The minimum Gasteiger partial charge on any atom is -0.493 e. The highest BCUT2D eigenvalue weighted by Crippen LogP contribution is 2.33. The summed E-state index contributed by atoms with van der Waals surface area (Å²) >= 11 is 0. The van der Waals surface area contributed by atoms with E-state index in [2.05, 4.69) is 9.72 Å². The highest BCUT2D eigenvalue weighted by Gasteiger charge is 2.30. The van der Waals surface area contributed by atoms with E-state index in [1.54, 1.807) is 32.5 Å². The molecule has 0 aliphatic heterocycles. The van der Waals surface area contributed by atoms with Crippen LogP contribution in [0.4, 0.5) is 13.2 Å². The molecule has 4 nitrogen and oxygen atoms in total. The number of ether oxygens (including phenoxy) is 3. The maximum absolute atomic E-state index is 12.2. The molecule has 1 heterocycles. The van der Waals surface area contributed by atoms with Crippen molar-refractivity contribution < 1.29 is 27.4 Å². The summed E-state index contributed by atoms with van der Waals surface area (Å²) in [4.78, 5) is 4.41. The molecule has 136 valence electrons. The molecule has 0 saturated carbocycles. The van der Waals surface area contributed by atoms with E-state index < -0.39 is 6.36 Å². The van der Waals surface area contributed by atoms with Crippen LogP contribution in [0.5, 0.6) is 17.2 Å². The zero-order valence-corrected chi connectivity index (χ0v) is 14.1. The summed E-state index contributed by atoms with van der Waals surface area (Å²) in [7, 11) is 3.12. The Balaban J connectivity index is 1.91. The van der Waals surface area contributed by atoms with E-state index in [1.165, 1.54) is 12.1 Å². The topological polar surface area (TPSA) is 40.6 Å². The minimum absolute atomic E-state index is 0.251. The quantitative estimate of drug-likeness (QED) is 0.656. The van der Waals surface area contributed by atoms with Crippen LogP contribution in [0.15, 0.2) is 48.7 Å². The Morgan fingerprint density at radius 2 is 1.58 bits per heavy atom. The van der Waals surface area contributed by atoms with Gasteiger partial charge in [-0.05, 0) is 41.3 Å². The Hall–Kier alpha value is -2.96. The Morgan fingerprint density at radius 1 is 0.923 bits per heavy atom. The Morgan fingerprint density at radius 3 is 2.19 bits per heavy atom. The van der Waals surface area contributed by atoms with Crippen molar-refractivity contribution in [2.45, 2.75) is 12.8 Å². The Bertz CT molecular complexity index is 908. The molecule has 7 heteroatoms. The molecule has 0 spiro atoms. The number of fused-ring (bicyclic) bond motifs is 1. The molecule has 1 aromatic heterocycles. The number of nitrogens with zero attached hydrogens (tertiary/aromatic N) is 1. The van der Waals surface area contributed by atoms with Crippen molar-refractivity contribution in [3.05, 3.63) is 59.9 Å². The lowest BCUT2D eigenvalue weighted by Crippen LogP contribution is -2.17. The number of halogens is 3. The van der Waals surface area contributed by atoms with Gasteiger partial charge in [-0.15, -0.1) is 13.2 Å². The summed E-state index contributed by atoms with van der Waals surface area (Å²) < 4.78 is 51.3. The number of aromatic nitrogens is 1. The second-order valence-electron chi connectivity index (χ2n) is 5.55. The first-order valence-electron chi connectivity index (χ1n) is 7.74. The monoisotopic (exact) mass is 363 g/mol. The molecule has 0 saturated heterocycles. The van der Waals surface area contributed by atoms with E-state index >= 15 is 0 Å². The summed E-state index contributed by atoms with van der Waals surface area (Å²) in [5.74, 6) is 0.951. The SMILES string of the molecule is COc1cc2ccnc(Cc3ccc(OC(F)(F)F)cc3)c2cc1OC. The van der Waals surface area contributed by atoms with Crippen LogP contribution in [0.2, 0.25) is 0 Å². The molecule has 0 amide bonds. The van der Waals surface area contributed by atoms with Crippen LogP contribution in [0.1, 0.15) is 11.3 Å². The molecule has 0 aliphatic rings. The molecule has 26 heavy (non-hydrogen) atoms. The predicted octanol–water partition coefficient (Wildman–Crippen LogP) is 4.74. The van der Waals surface area contributed by atoms with Crippen LogP contribution in [-0.4, -0.2) is 25.6 Å². The number of methoxy groups -OCH3 is 2. The lowest BCUT2D eigenvalue weighted by atomic mass is 10.0. The lowest BCUT2D eigenvalue weighted by molar-refractivity contribution is -0.274. The maximum atomic E-state index is 12.2. The molecule has 3 rings (SSSR count). The molecule has 0 aliphatic carbocycles. The van der Waals surface area contributed by atoms with Crippen molar-refractivity contribution >= 4 is 10.8 Å². The minimum atomic E-state index is -4.70. The second-order valence-corrected chi connectivity index (χ2v) is 5.55. The highest BCUT2D eigenvalue weighted by molar-refractivity contribution is 5.88. The molecular weight excluding hydrogens is 347 g/mol. The smallest absolute Gasteiger partial charge is 0.493 e. The first kappa shape index (κ1) is 17.8. The summed E-state index contributed by atoms with van der Waals surface area (Å²) in [5.41, 5.74) is 1.60. The molecule has 0 N–H and O–H groups in total. The summed E-state index contributed by atoms with van der Waals surface area (Å²) in [6.45, 7) is 0. The third-order valence-corrected chi connectivity index (χ3v) is 3.88. The van der Waals surface area contributed by atoms with Crippen molar-refractivity contribution in [3.63, 3.8) is 0 Å². The van der Waals surface area contributed by atoms with E-state index in [4.69, 9.17) is 9.47 Å². The zero-order chi connectivity index (χ0) is 18.7.